The molecule has 8 heteroatoms. The Kier molecular flexibility index (Phi) is 33.4. The van der Waals surface area contributed by atoms with E-state index in [0.29, 0.717) is 49.9 Å². The minimum Gasteiger partial charge on any atom is -0.466 e. The van der Waals surface area contributed by atoms with Crippen LogP contribution in [0.2, 0.25) is 0 Å². The average molecular weight is 848 g/mol. The summed E-state index contributed by atoms with van der Waals surface area (Å²) in [6.45, 7) is 11.3. The van der Waals surface area contributed by atoms with Gasteiger partial charge >= 0.3 is 17.9 Å². The van der Waals surface area contributed by atoms with E-state index in [1.165, 1.54) is 109 Å². The molecule has 0 spiro atoms. The number of carbonyl (C=O) groups excluding carboxylic acids is 3. The number of hydrogen-bond donors (Lipinski definition) is 0. The molecule has 1 aliphatic heterocycles. The van der Waals surface area contributed by atoms with Crippen molar-refractivity contribution in [3.63, 3.8) is 0 Å². The van der Waals surface area contributed by atoms with E-state index in [1.807, 2.05) is 0 Å². The Morgan fingerprint density at radius 2 is 0.917 bits per heavy atom. The molecule has 60 heavy (non-hydrogen) atoms. The van der Waals surface area contributed by atoms with Crippen LogP contribution in [0.25, 0.3) is 0 Å². The van der Waals surface area contributed by atoms with Crippen LogP contribution in [0.3, 0.4) is 0 Å². The lowest BCUT2D eigenvalue weighted by Gasteiger charge is -2.28. The zero-order valence-corrected chi connectivity index (χ0v) is 40.1. The lowest BCUT2D eigenvalue weighted by molar-refractivity contribution is -0.158. The molecule has 3 unspecified atom stereocenters. The van der Waals surface area contributed by atoms with Crippen LogP contribution < -0.4 is 0 Å². The van der Waals surface area contributed by atoms with Crippen LogP contribution >= 0.6 is 0 Å². The summed E-state index contributed by atoms with van der Waals surface area (Å²) >= 11 is 0. The number of hydrogen-bond acceptors (Lipinski definition) is 8. The molecule has 2 aliphatic rings. The zero-order chi connectivity index (χ0) is 43.5. The third-order valence-electron chi connectivity index (χ3n) is 13.7. The van der Waals surface area contributed by atoms with Crippen LogP contribution in [0, 0.1) is 17.8 Å². The molecular formula is C52H97NO7. The van der Waals surface area contributed by atoms with Crippen molar-refractivity contribution in [3.05, 3.63) is 0 Å². The number of rotatable bonds is 42. The van der Waals surface area contributed by atoms with Gasteiger partial charge in [-0.3, -0.25) is 9.59 Å². The number of piperidine rings is 1. The number of carbonyl (C=O) groups is 3. The number of fused-ring (bicyclic) bond motifs is 2. The number of esters is 3. The van der Waals surface area contributed by atoms with Gasteiger partial charge in [-0.25, -0.2) is 4.79 Å². The van der Waals surface area contributed by atoms with Crippen molar-refractivity contribution >= 4 is 17.9 Å². The van der Waals surface area contributed by atoms with E-state index in [-0.39, 0.29) is 36.7 Å². The van der Waals surface area contributed by atoms with Gasteiger partial charge in [-0.15, -0.1) is 0 Å². The van der Waals surface area contributed by atoms with E-state index in [9.17, 15) is 14.4 Å². The first-order chi connectivity index (χ1) is 29.3. The second-order valence-electron chi connectivity index (χ2n) is 19.1. The van der Waals surface area contributed by atoms with Gasteiger partial charge in [0.05, 0.1) is 19.3 Å². The van der Waals surface area contributed by atoms with Crippen molar-refractivity contribution in [1.29, 1.82) is 0 Å². The number of likely N-dealkylation sites (tertiary alicyclic amines) is 1. The monoisotopic (exact) mass is 848 g/mol. The molecule has 1 saturated carbocycles. The maximum Gasteiger partial charge on any atom is 0.332 e. The minimum absolute atomic E-state index is 0.0443. The average Bonchev–Trinajstić information content (AvgIpc) is 3.81. The fraction of sp³-hybridized carbons (Fsp3) is 0.942. The highest BCUT2D eigenvalue weighted by Crippen LogP contribution is 2.38. The molecule has 0 aromatic rings. The molecule has 2 rings (SSSR count). The molecule has 8 nitrogen and oxygen atoms in total. The molecule has 1 aliphatic carbocycles. The molecule has 0 amide bonds. The fourth-order valence-corrected chi connectivity index (χ4v) is 9.75. The van der Waals surface area contributed by atoms with E-state index in [2.05, 4.69) is 39.6 Å². The number of nitrogens with zero attached hydrogens (tertiary/aromatic N) is 1. The van der Waals surface area contributed by atoms with Gasteiger partial charge in [-0.2, -0.15) is 0 Å². The lowest BCUT2D eigenvalue weighted by Crippen LogP contribution is -2.37. The molecule has 3 atom stereocenters. The Hall–Kier alpha value is -1.67. The summed E-state index contributed by atoms with van der Waals surface area (Å²) in [6, 6.07) is 0.594. The number of ether oxygens (including phenoxy) is 4. The van der Waals surface area contributed by atoms with Crippen LogP contribution in [0.1, 0.15) is 246 Å². The van der Waals surface area contributed by atoms with Crippen molar-refractivity contribution in [2.24, 2.45) is 17.8 Å². The standard InChI is InChI=1S/C52H97NO7/c1-6-10-20-28-44(29-21-11-7-2)36-38-57-50(54)34-26-18-14-16-24-32-48(60-52(56)43-59-49-41-47-40-46(49)42-53(47)5)33-25-17-15-19-27-35-51(55)58-39-37-45(30-22-12-8-3)31-23-13-9-4/h44-49H,6-43H2,1-5H3. The van der Waals surface area contributed by atoms with Crippen molar-refractivity contribution < 1.29 is 33.3 Å². The van der Waals surface area contributed by atoms with Crippen molar-refractivity contribution in [1.82, 2.24) is 4.90 Å². The first kappa shape index (κ1) is 54.5. The molecular weight excluding hydrogens is 751 g/mol. The van der Waals surface area contributed by atoms with Crippen molar-refractivity contribution in [2.45, 2.75) is 264 Å². The highest BCUT2D eigenvalue weighted by molar-refractivity contribution is 5.71. The maximum atomic E-state index is 13.0. The molecule has 1 heterocycles. The lowest BCUT2D eigenvalue weighted by atomic mass is 9.92. The molecule has 0 aromatic carbocycles. The number of unbranched alkanes of at least 4 members (excludes halogenated alkanes) is 16. The van der Waals surface area contributed by atoms with Gasteiger partial charge in [-0.05, 0) is 89.0 Å². The minimum atomic E-state index is -0.227. The van der Waals surface area contributed by atoms with E-state index >= 15 is 0 Å². The summed E-state index contributed by atoms with van der Waals surface area (Å²) in [5, 5.41) is 0. The molecule has 1 saturated heterocycles. The van der Waals surface area contributed by atoms with E-state index in [4.69, 9.17) is 18.9 Å². The van der Waals surface area contributed by atoms with Crippen LogP contribution in [-0.4, -0.2) is 74.5 Å². The Bertz CT molecular complexity index is 975. The quantitative estimate of drug-likeness (QED) is 0.0341. The smallest absolute Gasteiger partial charge is 0.332 e. The highest BCUT2D eigenvalue weighted by Gasteiger charge is 2.43. The van der Waals surface area contributed by atoms with Crippen molar-refractivity contribution in [2.75, 3.05) is 33.4 Å². The predicted octanol–water partition coefficient (Wildman–Crippen LogP) is 13.9. The molecule has 2 bridgehead atoms. The first-order valence-corrected chi connectivity index (χ1v) is 26.1. The molecule has 0 N–H and O–H groups in total. The molecule has 0 aromatic heterocycles. The Labute approximate surface area is 370 Å². The SMILES string of the molecule is CCCCCC(CCCCC)CCOC(=O)CCCCCCCC(CCCCCCCC(=O)OCCC(CCCCC)CCCCC)OC(=O)COC1CC2CC1CN2C. The molecule has 2 fully saturated rings. The second-order valence-corrected chi connectivity index (χ2v) is 19.1. The normalized spacial score (nSPS) is 17.7. The summed E-state index contributed by atoms with van der Waals surface area (Å²) in [5.74, 6) is 1.59. The summed E-state index contributed by atoms with van der Waals surface area (Å²) in [5.41, 5.74) is 0. The summed E-state index contributed by atoms with van der Waals surface area (Å²) in [6.07, 6.45) is 37.6. The van der Waals surface area contributed by atoms with Gasteiger partial charge in [0.2, 0.25) is 0 Å². The van der Waals surface area contributed by atoms with Gasteiger partial charge in [0.25, 0.3) is 0 Å². The first-order valence-electron chi connectivity index (χ1n) is 26.1. The van der Waals surface area contributed by atoms with Crippen LogP contribution in [0.4, 0.5) is 0 Å². The third kappa shape index (κ3) is 27.4. The topological polar surface area (TPSA) is 91.4 Å². The zero-order valence-electron chi connectivity index (χ0n) is 40.1. The van der Waals surface area contributed by atoms with Crippen LogP contribution in [0.5, 0.6) is 0 Å². The van der Waals surface area contributed by atoms with E-state index in [0.717, 1.165) is 103 Å². The van der Waals surface area contributed by atoms with Gasteiger partial charge in [-0.1, -0.05) is 169 Å². The van der Waals surface area contributed by atoms with Gasteiger partial charge in [0, 0.05) is 25.4 Å². The van der Waals surface area contributed by atoms with E-state index < -0.39 is 0 Å². The van der Waals surface area contributed by atoms with Crippen LogP contribution in [-0.2, 0) is 33.3 Å². The molecule has 0 radical (unpaired) electrons. The Balaban J connectivity index is 1.63. The summed E-state index contributed by atoms with van der Waals surface area (Å²) < 4.78 is 23.5. The predicted molar refractivity (Wildman–Crippen MR) is 248 cm³/mol. The van der Waals surface area contributed by atoms with Crippen molar-refractivity contribution in [3.8, 4) is 0 Å². The van der Waals surface area contributed by atoms with Gasteiger partial charge in [0.15, 0.2) is 0 Å². The van der Waals surface area contributed by atoms with Crippen LogP contribution in [0.15, 0.2) is 0 Å². The Morgan fingerprint density at radius 1 is 0.500 bits per heavy atom. The molecule has 352 valence electrons. The van der Waals surface area contributed by atoms with Gasteiger partial charge in [0.1, 0.15) is 12.7 Å². The third-order valence-corrected chi connectivity index (χ3v) is 13.7. The highest BCUT2D eigenvalue weighted by atomic mass is 16.6. The summed E-state index contributed by atoms with van der Waals surface area (Å²) in [4.78, 5) is 40.3. The fourth-order valence-electron chi connectivity index (χ4n) is 9.75. The summed E-state index contributed by atoms with van der Waals surface area (Å²) in [7, 11) is 2.19. The van der Waals surface area contributed by atoms with E-state index in [1.54, 1.807) is 0 Å². The van der Waals surface area contributed by atoms with Gasteiger partial charge < -0.3 is 23.8 Å². The largest absolute Gasteiger partial charge is 0.466 e. The second kappa shape index (κ2) is 36.8. The maximum absolute atomic E-state index is 13.0. The Morgan fingerprint density at radius 3 is 1.32 bits per heavy atom.